The molecule has 0 aromatic rings. The van der Waals surface area contributed by atoms with E-state index in [9.17, 15) is 9.59 Å². The molecule has 2 aliphatic rings. The SMILES string of the molecule is CNC(C)CCCCN1C(=O)C2CC(C)CC2C1=O. The van der Waals surface area contributed by atoms with Crippen LogP contribution in [0.25, 0.3) is 0 Å². The van der Waals surface area contributed by atoms with Gasteiger partial charge in [0, 0.05) is 12.6 Å². The van der Waals surface area contributed by atoms with Crippen LogP contribution < -0.4 is 5.32 Å². The Labute approximate surface area is 115 Å². The molecule has 2 rings (SSSR count). The van der Waals surface area contributed by atoms with Crippen molar-refractivity contribution in [1.82, 2.24) is 10.2 Å². The van der Waals surface area contributed by atoms with Gasteiger partial charge in [-0.15, -0.1) is 0 Å². The van der Waals surface area contributed by atoms with E-state index in [0.29, 0.717) is 18.5 Å². The van der Waals surface area contributed by atoms with Gasteiger partial charge in [0.2, 0.25) is 11.8 Å². The van der Waals surface area contributed by atoms with E-state index in [2.05, 4.69) is 19.2 Å². The minimum absolute atomic E-state index is 0.00117. The van der Waals surface area contributed by atoms with Crippen LogP contribution in [0.4, 0.5) is 0 Å². The first-order valence-electron chi connectivity index (χ1n) is 7.57. The quantitative estimate of drug-likeness (QED) is 0.589. The van der Waals surface area contributed by atoms with Crippen molar-refractivity contribution in [2.45, 2.75) is 52.0 Å². The molecule has 1 saturated carbocycles. The zero-order chi connectivity index (χ0) is 14.0. The number of hydrogen-bond donors (Lipinski definition) is 1. The highest BCUT2D eigenvalue weighted by Gasteiger charge is 2.51. The fourth-order valence-electron chi connectivity index (χ4n) is 3.43. The van der Waals surface area contributed by atoms with Crippen molar-refractivity contribution in [3.05, 3.63) is 0 Å². The summed E-state index contributed by atoms with van der Waals surface area (Å²) >= 11 is 0. The minimum atomic E-state index is -0.00117. The van der Waals surface area contributed by atoms with Crippen LogP contribution in [-0.4, -0.2) is 36.3 Å². The highest BCUT2D eigenvalue weighted by Crippen LogP contribution is 2.42. The molecule has 1 aliphatic heterocycles. The van der Waals surface area contributed by atoms with Crippen LogP contribution in [0.2, 0.25) is 0 Å². The molecular formula is C15H26N2O2. The number of carbonyl (C=O) groups excluding carboxylic acids is 2. The molecule has 1 N–H and O–H groups in total. The first-order chi connectivity index (χ1) is 9.04. The Morgan fingerprint density at radius 2 is 1.79 bits per heavy atom. The van der Waals surface area contributed by atoms with Crippen molar-refractivity contribution in [1.29, 1.82) is 0 Å². The molecule has 1 aliphatic carbocycles. The number of rotatable bonds is 6. The maximum atomic E-state index is 12.2. The molecule has 0 aromatic carbocycles. The van der Waals surface area contributed by atoms with Gasteiger partial charge in [-0.05, 0) is 45.6 Å². The first kappa shape index (κ1) is 14.5. The van der Waals surface area contributed by atoms with Crippen LogP contribution in [0.15, 0.2) is 0 Å². The highest BCUT2D eigenvalue weighted by atomic mass is 16.2. The molecule has 108 valence electrons. The van der Waals surface area contributed by atoms with Crippen LogP contribution in [0, 0.1) is 17.8 Å². The molecule has 1 heterocycles. The lowest BCUT2D eigenvalue weighted by Crippen LogP contribution is -2.33. The van der Waals surface area contributed by atoms with E-state index in [1.54, 1.807) is 0 Å². The molecule has 0 spiro atoms. The fraction of sp³-hybridized carbons (Fsp3) is 0.867. The number of nitrogens with one attached hydrogen (secondary N) is 1. The third-order valence-electron chi connectivity index (χ3n) is 4.73. The predicted molar refractivity (Wildman–Crippen MR) is 74.5 cm³/mol. The molecule has 3 unspecified atom stereocenters. The second kappa shape index (κ2) is 6.04. The van der Waals surface area contributed by atoms with E-state index < -0.39 is 0 Å². The number of unbranched alkanes of at least 4 members (excludes halogenated alkanes) is 1. The lowest BCUT2D eigenvalue weighted by Gasteiger charge is -2.17. The summed E-state index contributed by atoms with van der Waals surface area (Å²) in [5.41, 5.74) is 0. The van der Waals surface area contributed by atoms with Gasteiger partial charge in [0.25, 0.3) is 0 Å². The Hall–Kier alpha value is -0.900. The summed E-state index contributed by atoms with van der Waals surface area (Å²) in [6.07, 6.45) is 4.89. The molecule has 0 radical (unpaired) electrons. The van der Waals surface area contributed by atoms with E-state index in [4.69, 9.17) is 0 Å². The standard InChI is InChI=1S/C15H26N2O2/c1-10-8-12-13(9-10)15(19)17(14(12)18)7-5-4-6-11(2)16-3/h10-13,16H,4-9H2,1-3H3. The maximum Gasteiger partial charge on any atom is 0.233 e. The van der Waals surface area contributed by atoms with Crippen molar-refractivity contribution in [2.24, 2.45) is 17.8 Å². The molecule has 4 nitrogen and oxygen atoms in total. The van der Waals surface area contributed by atoms with Gasteiger partial charge in [0.05, 0.1) is 11.8 Å². The summed E-state index contributed by atoms with van der Waals surface area (Å²) in [6, 6.07) is 0.505. The Bertz CT molecular complexity index is 332. The van der Waals surface area contributed by atoms with Crippen LogP contribution in [0.1, 0.15) is 46.0 Å². The van der Waals surface area contributed by atoms with Gasteiger partial charge in [0.15, 0.2) is 0 Å². The second-order valence-electron chi connectivity index (χ2n) is 6.30. The largest absolute Gasteiger partial charge is 0.317 e. The van der Waals surface area contributed by atoms with E-state index in [1.807, 2.05) is 7.05 Å². The maximum absolute atomic E-state index is 12.2. The molecule has 4 heteroatoms. The molecule has 0 bridgehead atoms. The van der Waals surface area contributed by atoms with Crippen molar-refractivity contribution in [2.75, 3.05) is 13.6 Å². The van der Waals surface area contributed by atoms with Gasteiger partial charge in [-0.2, -0.15) is 0 Å². The Morgan fingerprint density at radius 3 is 2.32 bits per heavy atom. The van der Waals surface area contributed by atoms with E-state index in [1.165, 1.54) is 4.90 Å². The van der Waals surface area contributed by atoms with Gasteiger partial charge in [0.1, 0.15) is 0 Å². The van der Waals surface area contributed by atoms with Gasteiger partial charge in [-0.25, -0.2) is 0 Å². The Morgan fingerprint density at radius 1 is 1.21 bits per heavy atom. The Balaban J connectivity index is 1.79. The number of nitrogens with zero attached hydrogens (tertiary/aromatic N) is 1. The minimum Gasteiger partial charge on any atom is -0.317 e. The summed E-state index contributed by atoms with van der Waals surface area (Å²) in [6.45, 7) is 4.91. The number of imide groups is 1. The van der Waals surface area contributed by atoms with Gasteiger partial charge >= 0.3 is 0 Å². The van der Waals surface area contributed by atoms with Crippen LogP contribution >= 0.6 is 0 Å². The topological polar surface area (TPSA) is 49.4 Å². The number of likely N-dealkylation sites (tertiary alicyclic amines) is 1. The van der Waals surface area contributed by atoms with Crippen LogP contribution in [-0.2, 0) is 9.59 Å². The van der Waals surface area contributed by atoms with E-state index in [-0.39, 0.29) is 23.7 Å². The second-order valence-corrected chi connectivity index (χ2v) is 6.30. The highest BCUT2D eigenvalue weighted by molar-refractivity contribution is 6.05. The summed E-state index contributed by atoms with van der Waals surface area (Å²) in [7, 11) is 1.96. The van der Waals surface area contributed by atoms with Gasteiger partial charge < -0.3 is 5.32 Å². The van der Waals surface area contributed by atoms with E-state index in [0.717, 1.165) is 32.1 Å². The average molecular weight is 266 g/mol. The van der Waals surface area contributed by atoms with Gasteiger partial charge in [-0.1, -0.05) is 13.3 Å². The molecular weight excluding hydrogens is 240 g/mol. The molecule has 3 atom stereocenters. The van der Waals surface area contributed by atoms with Crippen molar-refractivity contribution in [3.8, 4) is 0 Å². The van der Waals surface area contributed by atoms with Crippen molar-refractivity contribution in [3.63, 3.8) is 0 Å². The van der Waals surface area contributed by atoms with Crippen molar-refractivity contribution < 1.29 is 9.59 Å². The average Bonchev–Trinajstić information content (AvgIpc) is 2.87. The van der Waals surface area contributed by atoms with Gasteiger partial charge in [-0.3, -0.25) is 14.5 Å². The zero-order valence-electron chi connectivity index (χ0n) is 12.3. The number of amides is 2. The fourth-order valence-corrected chi connectivity index (χ4v) is 3.43. The summed E-state index contributed by atoms with van der Waals surface area (Å²) in [5, 5.41) is 3.20. The molecule has 1 saturated heterocycles. The summed E-state index contributed by atoms with van der Waals surface area (Å²) in [4.78, 5) is 26.0. The predicted octanol–water partition coefficient (Wildman–Crippen LogP) is 1.80. The number of fused-ring (bicyclic) bond motifs is 1. The Kier molecular flexibility index (Phi) is 4.61. The third-order valence-corrected chi connectivity index (χ3v) is 4.73. The number of hydrogen-bond acceptors (Lipinski definition) is 3. The molecule has 2 amide bonds. The lowest BCUT2D eigenvalue weighted by molar-refractivity contribution is -0.140. The number of carbonyl (C=O) groups is 2. The molecule has 2 fully saturated rings. The normalized spacial score (nSPS) is 31.9. The monoisotopic (exact) mass is 266 g/mol. The zero-order valence-corrected chi connectivity index (χ0v) is 12.3. The van der Waals surface area contributed by atoms with Crippen LogP contribution in [0.3, 0.4) is 0 Å². The van der Waals surface area contributed by atoms with Crippen molar-refractivity contribution >= 4 is 11.8 Å². The smallest absolute Gasteiger partial charge is 0.233 e. The third kappa shape index (κ3) is 2.99. The molecule has 19 heavy (non-hydrogen) atoms. The summed E-state index contributed by atoms with van der Waals surface area (Å²) < 4.78 is 0. The first-order valence-corrected chi connectivity index (χ1v) is 7.57. The molecule has 0 aromatic heterocycles. The summed E-state index contributed by atoms with van der Waals surface area (Å²) in [5.74, 6) is 0.723. The van der Waals surface area contributed by atoms with Crippen LogP contribution in [0.5, 0.6) is 0 Å². The lowest BCUT2D eigenvalue weighted by atomic mass is 10.00. The van der Waals surface area contributed by atoms with E-state index >= 15 is 0 Å².